The van der Waals surface area contributed by atoms with E-state index < -0.39 is 0 Å². The molecule has 7 heteroatoms. The van der Waals surface area contributed by atoms with Crippen LogP contribution >= 0.6 is 11.3 Å². The molecule has 1 aliphatic heterocycles. The summed E-state index contributed by atoms with van der Waals surface area (Å²) in [4.78, 5) is 26.3. The molecule has 2 N–H and O–H groups in total. The highest BCUT2D eigenvalue weighted by Crippen LogP contribution is 2.40. The van der Waals surface area contributed by atoms with Gasteiger partial charge in [-0.3, -0.25) is 9.59 Å². The monoisotopic (exact) mass is 372 g/mol. The zero-order valence-corrected chi connectivity index (χ0v) is 15.5. The molecule has 136 valence electrons. The smallest absolute Gasteiger partial charge is 0.258 e. The van der Waals surface area contributed by atoms with Crippen molar-refractivity contribution in [1.29, 1.82) is 0 Å². The number of aryl methyl sites for hydroxylation is 1. The predicted molar refractivity (Wildman–Crippen MR) is 100 cm³/mol. The van der Waals surface area contributed by atoms with Gasteiger partial charge in [0.1, 0.15) is 5.00 Å². The molecule has 0 fully saturated rings. The quantitative estimate of drug-likeness (QED) is 0.856. The van der Waals surface area contributed by atoms with Crippen LogP contribution in [0.15, 0.2) is 18.2 Å². The lowest BCUT2D eigenvalue weighted by Gasteiger charge is -2.11. The second-order valence-electron chi connectivity index (χ2n) is 6.73. The molecule has 1 aromatic carbocycles. The maximum Gasteiger partial charge on any atom is 0.258 e. The van der Waals surface area contributed by atoms with Crippen molar-refractivity contribution in [2.45, 2.75) is 33.1 Å². The Bertz CT molecular complexity index is 888. The number of fused-ring (bicyclic) bond motifs is 2. The normalized spacial score (nSPS) is 14.4. The van der Waals surface area contributed by atoms with Gasteiger partial charge in [-0.1, -0.05) is 13.8 Å². The van der Waals surface area contributed by atoms with Gasteiger partial charge in [-0.25, -0.2) is 0 Å². The Morgan fingerprint density at radius 2 is 1.92 bits per heavy atom. The topological polar surface area (TPSA) is 76.7 Å². The fourth-order valence-electron chi connectivity index (χ4n) is 3.16. The Hall–Kier alpha value is -2.54. The van der Waals surface area contributed by atoms with Gasteiger partial charge in [0.25, 0.3) is 5.91 Å². The van der Waals surface area contributed by atoms with Gasteiger partial charge < -0.3 is 20.1 Å². The number of ether oxygens (including phenoxy) is 2. The van der Waals surface area contributed by atoms with E-state index >= 15 is 0 Å². The van der Waals surface area contributed by atoms with Crippen LogP contribution < -0.4 is 20.1 Å². The summed E-state index contributed by atoms with van der Waals surface area (Å²) in [5, 5.41) is 6.49. The summed E-state index contributed by atoms with van der Waals surface area (Å²) >= 11 is 1.52. The first-order chi connectivity index (χ1) is 12.5. The van der Waals surface area contributed by atoms with Crippen molar-refractivity contribution in [3.05, 3.63) is 34.2 Å². The minimum absolute atomic E-state index is 0.0814. The van der Waals surface area contributed by atoms with Crippen molar-refractivity contribution in [2.24, 2.45) is 5.92 Å². The largest absolute Gasteiger partial charge is 0.454 e. The number of benzene rings is 1. The summed E-state index contributed by atoms with van der Waals surface area (Å²) in [6.45, 7) is 3.86. The zero-order valence-electron chi connectivity index (χ0n) is 14.7. The van der Waals surface area contributed by atoms with E-state index in [1.807, 2.05) is 13.8 Å². The molecule has 0 saturated heterocycles. The average Bonchev–Trinajstić information content (AvgIpc) is 3.29. The third-order valence-corrected chi connectivity index (χ3v) is 5.75. The van der Waals surface area contributed by atoms with Crippen molar-refractivity contribution < 1.29 is 19.1 Å². The van der Waals surface area contributed by atoms with Crippen LogP contribution in [0.25, 0.3) is 0 Å². The van der Waals surface area contributed by atoms with E-state index in [1.54, 1.807) is 18.2 Å². The van der Waals surface area contributed by atoms with Gasteiger partial charge in [0.15, 0.2) is 11.5 Å². The van der Waals surface area contributed by atoms with Gasteiger partial charge in [0.2, 0.25) is 12.7 Å². The minimum atomic E-state index is -0.206. The second kappa shape index (κ2) is 6.64. The van der Waals surface area contributed by atoms with Gasteiger partial charge in [-0.05, 0) is 37.0 Å². The first kappa shape index (κ1) is 16.9. The number of thiophene rings is 1. The third-order valence-electron chi connectivity index (χ3n) is 4.54. The summed E-state index contributed by atoms with van der Waals surface area (Å²) in [6, 6.07) is 5.31. The third kappa shape index (κ3) is 3.03. The van der Waals surface area contributed by atoms with Crippen LogP contribution in [0, 0.1) is 5.92 Å². The summed E-state index contributed by atoms with van der Waals surface area (Å²) in [7, 11) is 0. The zero-order chi connectivity index (χ0) is 18.3. The molecule has 4 rings (SSSR count). The Morgan fingerprint density at radius 3 is 2.73 bits per heavy atom. The first-order valence-corrected chi connectivity index (χ1v) is 9.51. The standard InChI is InChI=1S/C19H20N2O4S/c1-10(2)17(22)21-19-16(12-4-3-5-15(12)26-19)18(23)20-11-6-7-13-14(8-11)25-9-24-13/h6-8,10H,3-5,9H2,1-2H3,(H,20,23)(H,21,22). The highest BCUT2D eigenvalue weighted by Gasteiger charge is 2.28. The number of nitrogens with one attached hydrogen (secondary N) is 2. The molecule has 0 atom stereocenters. The van der Waals surface area contributed by atoms with Crippen molar-refractivity contribution >= 4 is 33.8 Å². The Kier molecular flexibility index (Phi) is 4.32. The molecule has 1 aromatic heterocycles. The molecule has 2 aliphatic rings. The molecule has 2 heterocycles. The van der Waals surface area contributed by atoms with E-state index in [0.717, 1.165) is 24.8 Å². The Morgan fingerprint density at radius 1 is 1.12 bits per heavy atom. The molecule has 0 bridgehead atoms. The fraction of sp³-hybridized carbons (Fsp3) is 0.368. The second-order valence-corrected chi connectivity index (χ2v) is 7.83. The highest BCUT2D eigenvalue weighted by molar-refractivity contribution is 7.17. The number of hydrogen-bond acceptors (Lipinski definition) is 5. The van der Waals surface area contributed by atoms with Crippen LogP contribution in [-0.4, -0.2) is 18.6 Å². The molecule has 0 saturated carbocycles. The van der Waals surface area contributed by atoms with E-state index in [4.69, 9.17) is 9.47 Å². The van der Waals surface area contributed by atoms with Crippen LogP contribution in [0.1, 0.15) is 41.1 Å². The number of hydrogen-bond donors (Lipinski definition) is 2. The van der Waals surface area contributed by atoms with Crippen LogP contribution in [0.5, 0.6) is 11.5 Å². The van der Waals surface area contributed by atoms with Crippen LogP contribution in [0.3, 0.4) is 0 Å². The first-order valence-electron chi connectivity index (χ1n) is 8.69. The van der Waals surface area contributed by atoms with Gasteiger partial charge >= 0.3 is 0 Å². The predicted octanol–water partition coefficient (Wildman–Crippen LogP) is 3.81. The lowest BCUT2D eigenvalue weighted by Crippen LogP contribution is -2.20. The molecule has 0 spiro atoms. The molecule has 2 amide bonds. The maximum atomic E-state index is 13.0. The number of carbonyl (C=O) groups excluding carboxylic acids is 2. The van der Waals surface area contributed by atoms with Gasteiger partial charge in [0.05, 0.1) is 5.56 Å². The molecule has 0 radical (unpaired) electrons. The van der Waals surface area contributed by atoms with Crippen LogP contribution in [0.2, 0.25) is 0 Å². The molecule has 6 nitrogen and oxygen atoms in total. The lowest BCUT2D eigenvalue weighted by molar-refractivity contribution is -0.118. The van der Waals surface area contributed by atoms with E-state index in [-0.39, 0.29) is 24.5 Å². The number of carbonyl (C=O) groups is 2. The van der Waals surface area contributed by atoms with Gasteiger partial charge in [-0.15, -0.1) is 11.3 Å². The molecule has 26 heavy (non-hydrogen) atoms. The van der Waals surface area contributed by atoms with Crippen molar-refractivity contribution in [3.8, 4) is 11.5 Å². The van der Waals surface area contributed by atoms with Gasteiger partial charge in [-0.2, -0.15) is 0 Å². The minimum Gasteiger partial charge on any atom is -0.454 e. The molecule has 1 aliphatic carbocycles. The van der Waals surface area contributed by atoms with Crippen LogP contribution in [0.4, 0.5) is 10.7 Å². The SMILES string of the molecule is CC(C)C(=O)Nc1sc2c(c1C(=O)Nc1ccc3c(c1)OCO3)CCC2. The van der Waals surface area contributed by atoms with E-state index in [1.165, 1.54) is 16.2 Å². The van der Waals surface area contributed by atoms with Crippen molar-refractivity contribution in [1.82, 2.24) is 0 Å². The lowest BCUT2D eigenvalue weighted by atomic mass is 10.1. The Labute approximate surface area is 155 Å². The Balaban J connectivity index is 1.61. The molecule has 2 aromatic rings. The number of amides is 2. The van der Waals surface area contributed by atoms with Crippen molar-refractivity contribution in [3.63, 3.8) is 0 Å². The van der Waals surface area contributed by atoms with E-state index in [0.29, 0.717) is 27.8 Å². The van der Waals surface area contributed by atoms with Crippen LogP contribution in [-0.2, 0) is 17.6 Å². The summed E-state index contributed by atoms with van der Waals surface area (Å²) < 4.78 is 10.7. The summed E-state index contributed by atoms with van der Waals surface area (Å²) in [6.07, 6.45) is 2.87. The molecular weight excluding hydrogens is 352 g/mol. The van der Waals surface area contributed by atoms with E-state index in [2.05, 4.69) is 10.6 Å². The van der Waals surface area contributed by atoms with E-state index in [9.17, 15) is 9.59 Å². The molecular formula is C19H20N2O4S. The highest BCUT2D eigenvalue weighted by atomic mass is 32.1. The number of anilines is 2. The average molecular weight is 372 g/mol. The van der Waals surface area contributed by atoms with Crippen molar-refractivity contribution in [2.75, 3.05) is 17.4 Å². The fourth-order valence-corrected chi connectivity index (χ4v) is 4.45. The summed E-state index contributed by atoms with van der Waals surface area (Å²) in [5.74, 6) is 0.858. The molecule has 0 unspecified atom stereocenters. The maximum absolute atomic E-state index is 13.0. The summed E-state index contributed by atoms with van der Waals surface area (Å²) in [5.41, 5.74) is 2.29. The van der Waals surface area contributed by atoms with Gasteiger partial charge in [0, 0.05) is 22.5 Å². The number of rotatable bonds is 4.